The molecule has 1 N–H and O–H groups in total. The van der Waals surface area contributed by atoms with E-state index in [1.807, 2.05) is 6.92 Å². The Kier molecular flexibility index (Phi) is 3.50. The van der Waals surface area contributed by atoms with Gasteiger partial charge in [0.1, 0.15) is 6.26 Å². The molecule has 7 heteroatoms. The molecule has 86 valence electrons. The summed E-state index contributed by atoms with van der Waals surface area (Å²) in [5, 5.41) is 14.2. The molecule has 0 unspecified atom stereocenters. The highest BCUT2D eigenvalue weighted by atomic mass is 16.5. The topological polar surface area (TPSA) is 86.2 Å². The van der Waals surface area contributed by atoms with Gasteiger partial charge in [0, 0.05) is 19.2 Å². The predicted molar refractivity (Wildman–Crippen MR) is 54.8 cm³/mol. The molecule has 0 amide bonds. The predicted octanol–water partition coefficient (Wildman–Crippen LogP) is 1.17. The van der Waals surface area contributed by atoms with Gasteiger partial charge in [0.2, 0.25) is 0 Å². The molecule has 2 rings (SSSR count). The molecule has 0 saturated carbocycles. The van der Waals surface area contributed by atoms with Crippen LogP contribution < -0.4 is 5.32 Å². The highest BCUT2D eigenvalue weighted by molar-refractivity contribution is 5.45. The Balaban J connectivity index is 1.88. The highest BCUT2D eigenvalue weighted by Gasteiger charge is 2.10. The number of hydrogen-bond acceptors (Lipinski definition) is 7. The van der Waals surface area contributed by atoms with Crippen LogP contribution in [0.5, 0.6) is 0 Å². The molecule has 7 nitrogen and oxygen atoms in total. The fourth-order valence-corrected chi connectivity index (χ4v) is 1.10. The van der Waals surface area contributed by atoms with Crippen molar-refractivity contribution in [3.05, 3.63) is 12.3 Å². The summed E-state index contributed by atoms with van der Waals surface area (Å²) in [4.78, 5) is 0. The number of aromatic nitrogens is 3. The number of hydrogen-bond donors (Lipinski definition) is 1. The number of rotatable bonds is 6. The second-order valence-corrected chi connectivity index (χ2v) is 2.92. The van der Waals surface area contributed by atoms with E-state index in [2.05, 4.69) is 25.2 Å². The van der Waals surface area contributed by atoms with Crippen molar-refractivity contribution in [1.29, 1.82) is 0 Å². The van der Waals surface area contributed by atoms with E-state index in [1.165, 1.54) is 6.26 Å². The minimum atomic E-state index is 0.327. The van der Waals surface area contributed by atoms with Crippen LogP contribution in [0.2, 0.25) is 0 Å². The van der Waals surface area contributed by atoms with Gasteiger partial charge in [0.15, 0.2) is 5.69 Å². The molecule has 2 aromatic rings. The van der Waals surface area contributed by atoms with Gasteiger partial charge >= 0.3 is 6.01 Å². The Morgan fingerprint density at radius 3 is 3.12 bits per heavy atom. The van der Waals surface area contributed by atoms with Gasteiger partial charge in [-0.25, -0.2) is 0 Å². The van der Waals surface area contributed by atoms with Crippen molar-refractivity contribution < 1.29 is 13.7 Å². The lowest BCUT2D eigenvalue weighted by Crippen LogP contribution is -2.09. The Labute approximate surface area is 91.8 Å². The number of anilines is 1. The lowest BCUT2D eigenvalue weighted by atomic mass is 10.4. The molecule has 0 aliphatic carbocycles. The van der Waals surface area contributed by atoms with E-state index in [1.54, 1.807) is 6.07 Å². The van der Waals surface area contributed by atoms with Gasteiger partial charge in [0.05, 0.1) is 6.61 Å². The molecule has 0 spiro atoms. The third-order valence-corrected chi connectivity index (χ3v) is 1.81. The molecule has 0 aliphatic heterocycles. The fraction of sp³-hybridized carbons (Fsp3) is 0.444. The number of ether oxygens (including phenoxy) is 1. The molecule has 0 radical (unpaired) electrons. The van der Waals surface area contributed by atoms with Crippen LogP contribution in [-0.4, -0.2) is 35.1 Å². The highest BCUT2D eigenvalue weighted by Crippen LogP contribution is 2.16. The van der Waals surface area contributed by atoms with Crippen LogP contribution in [-0.2, 0) is 4.74 Å². The zero-order chi connectivity index (χ0) is 11.2. The van der Waals surface area contributed by atoms with Crippen LogP contribution in [0.4, 0.5) is 6.01 Å². The Morgan fingerprint density at radius 1 is 1.44 bits per heavy atom. The summed E-state index contributed by atoms with van der Waals surface area (Å²) in [7, 11) is 0. The third kappa shape index (κ3) is 2.57. The summed E-state index contributed by atoms with van der Waals surface area (Å²) < 4.78 is 15.1. The van der Waals surface area contributed by atoms with Crippen molar-refractivity contribution >= 4 is 6.01 Å². The molecule has 2 aromatic heterocycles. The molecule has 16 heavy (non-hydrogen) atoms. The molecular weight excluding hydrogens is 212 g/mol. The Bertz CT molecular complexity index is 412. The first-order valence-corrected chi connectivity index (χ1v) is 4.96. The normalized spacial score (nSPS) is 10.6. The van der Waals surface area contributed by atoms with Crippen LogP contribution in [0.3, 0.4) is 0 Å². The molecule has 0 fully saturated rings. The second-order valence-electron chi connectivity index (χ2n) is 2.92. The van der Waals surface area contributed by atoms with E-state index >= 15 is 0 Å². The monoisotopic (exact) mass is 224 g/mol. The summed E-state index contributed by atoms with van der Waals surface area (Å²) >= 11 is 0. The van der Waals surface area contributed by atoms with Crippen molar-refractivity contribution in [2.75, 3.05) is 25.1 Å². The average molecular weight is 224 g/mol. The first-order valence-electron chi connectivity index (χ1n) is 4.96. The maximum Gasteiger partial charge on any atom is 0.315 e. The molecule has 0 bridgehead atoms. The fourth-order valence-electron chi connectivity index (χ4n) is 1.10. The average Bonchev–Trinajstić information content (AvgIpc) is 2.94. The van der Waals surface area contributed by atoms with Gasteiger partial charge < -0.3 is 19.0 Å². The lowest BCUT2D eigenvalue weighted by molar-refractivity contribution is 0.157. The van der Waals surface area contributed by atoms with Crippen molar-refractivity contribution in [3.63, 3.8) is 0 Å². The van der Waals surface area contributed by atoms with Gasteiger partial charge in [-0.15, -0.1) is 5.10 Å². The van der Waals surface area contributed by atoms with Crippen molar-refractivity contribution in [1.82, 2.24) is 15.4 Å². The van der Waals surface area contributed by atoms with Crippen LogP contribution in [0.15, 0.2) is 21.3 Å². The minimum absolute atomic E-state index is 0.327. The quantitative estimate of drug-likeness (QED) is 0.737. The first-order chi connectivity index (χ1) is 7.90. The third-order valence-electron chi connectivity index (χ3n) is 1.81. The SMILES string of the molecule is CCOCCNc1nnc(-c2ccon2)o1. The standard InChI is InChI=1S/C9H12N4O3/c1-2-14-6-4-10-9-12-11-8(16-9)7-3-5-15-13-7/h3,5H,2,4,6H2,1H3,(H,10,12). The van der Waals surface area contributed by atoms with Crippen LogP contribution in [0, 0.1) is 0 Å². The molecule has 2 heterocycles. The van der Waals surface area contributed by atoms with E-state index in [-0.39, 0.29) is 0 Å². The van der Waals surface area contributed by atoms with Crippen LogP contribution >= 0.6 is 0 Å². The smallest absolute Gasteiger partial charge is 0.315 e. The zero-order valence-electron chi connectivity index (χ0n) is 8.84. The number of nitrogens with one attached hydrogen (secondary N) is 1. The Morgan fingerprint density at radius 2 is 2.38 bits per heavy atom. The van der Waals surface area contributed by atoms with Crippen LogP contribution in [0.1, 0.15) is 6.92 Å². The summed E-state index contributed by atoms with van der Waals surface area (Å²) in [6.07, 6.45) is 1.45. The van der Waals surface area contributed by atoms with Crippen molar-refractivity contribution in [2.45, 2.75) is 6.92 Å². The van der Waals surface area contributed by atoms with Gasteiger partial charge in [-0.3, -0.25) is 0 Å². The van der Waals surface area contributed by atoms with E-state index in [9.17, 15) is 0 Å². The Hall–Kier alpha value is -1.89. The van der Waals surface area contributed by atoms with Gasteiger partial charge in [-0.05, 0) is 6.92 Å². The number of nitrogens with zero attached hydrogens (tertiary/aromatic N) is 3. The molecule has 0 aliphatic rings. The summed E-state index contributed by atoms with van der Waals surface area (Å²) in [5.41, 5.74) is 0.519. The first kappa shape index (κ1) is 10.6. The summed E-state index contributed by atoms with van der Waals surface area (Å²) in [5.74, 6) is 0.327. The maximum atomic E-state index is 5.30. The van der Waals surface area contributed by atoms with E-state index in [0.717, 1.165) is 0 Å². The van der Waals surface area contributed by atoms with Crippen LogP contribution in [0.25, 0.3) is 11.6 Å². The van der Waals surface area contributed by atoms with E-state index in [4.69, 9.17) is 9.15 Å². The summed E-state index contributed by atoms with van der Waals surface area (Å²) in [6.45, 7) is 3.84. The molecule has 0 atom stereocenters. The minimum Gasteiger partial charge on any atom is -0.402 e. The van der Waals surface area contributed by atoms with E-state index in [0.29, 0.717) is 37.4 Å². The maximum absolute atomic E-state index is 5.30. The summed E-state index contributed by atoms with van der Waals surface area (Å²) in [6, 6.07) is 2.00. The van der Waals surface area contributed by atoms with Crippen molar-refractivity contribution in [3.8, 4) is 11.6 Å². The van der Waals surface area contributed by atoms with E-state index < -0.39 is 0 Å². The second kappa shape index (κ2) is 5.26. The van der Waals surface area contributed by atoms with Crippen molar-refractivity contribution in [2.24, 2.45) is 0 Å². The zero-order valence-corrected chi connectivity index (χ0v) is 8.84. The van der Waals surface area contributed by atoms with Gasteiger partial charge in [0.25, 0.3) is 5.89 Å². The largest absolute Gasteiger partial charge is 0.402 e. The van der Waals surface area contributed by atoms with Gasteiger partial charge in [-0.2, -0.15) is 0 Å². The lowest BCUT2D eigenvalue weighted by Gasteiger charge is -2.00. The molecular formula is C9H12N4O3. The molecule has 0 aromatic carbocycles. The molecule has 0 saturated heterocycles. The van der Waals surface area contributed by atoms with Gasteiger partial charge in [-0.1, -0.05) is 10.3 Å².